The molecule has 3 aromatic rings. The second-order valence-corrected chi connectivity index (χ2v) is 7.46. The maximum Gasteiger partial charge on any atom is 0.347 e. The average Bonchev–Trinajstić information content (AvgIpc) is 3.21. The second kappa shape index (κ2) is 6.93. The average molecular weight is 355 g/mol. The molecule has 1 atom stereocenters. The zero-order chi connectivity index (χ0) is 17.2. The van der Waals surface area contributed by atoms with Gasteiger partial charge in [-0.3, -0.25) is 4.90 Å². The van der Waals surface area contributed by atoms with E-state index in [-0.39, 0.29) is 11.6 Å². The number of hydrogen-bond donors (Lipinski definition) is 1. The number of nitrogens with one attached hydrogen (secondary N) is 1. The van der Waals surface area contributed by atoms with E-state index < -0.39 is 0 Å². The number of H-pyrrole nitrogens is 1. The largest absolute Gasteiger partial charge is 0.347 e. The molecule has 0 unspecified atom stereocenters. The van der Waals surface area contributed by atoms with Crippen LogP contribution in [0.4, 0.5) is 0 Å². The lowest BCUT2D eigenvalue weighted by molar-refractivity contribution is 0.195. The third-order valence-electron chi connectivity index (χ3n) is 4.61. The Bertz CT molecular complexity index is 898. The van der Waals surface area contributed by atoms with Gasteiger partial charge in [0.2, 0.25) is 0 Å². The highest BCUT2D eigenvalue weighted by atomic mass is 32.1. The number of hydrogen-bond acceptors (Lipinski definition) is 5. The van der Waals surface area contributed by atoms with Crippen molar-refractivity contribution in [3.63, 3.8) is 0 Å². The molecule has 25 heavy (non-hydrogen) atoms. The molecule has 0 bridgehead atoms. The Morgan fingerprint density at radius 3 is 2.92 bits per heavy atom. The van der Waals surface area contributed by atoms with Gasteiger partial charge in [0.1, 0.15) is 10.8 Å². The van der Waals surface area contributed by atoms with Crippen molar-refractivity contribution in [1.82, 2.24) is 24.6 Å². The van der Waals surface area contributed by atoms with Gasteiger partial charge in [-0.2, -0.15) is 5.10 Å². The Morgan fingerprint density at radius 2 is 2.16 bits per heavy atom. The predicted octanol–water partition coefficient (Wildman–Crippen LogP) is 2.71. The van der Waals surface area contributed by atoms with Gasteiger partial charge in [-0.15, -0.1) is 11.3 Å². The SMILES string of the molecule is Cc1csc(CN2CCC[C@H](c3n[nH]c(=O)n3-c3ccccc3)C2)n1. The van der Waals surface area contributed by atoms with Crippen LogP contribution in [-0.4, -0.2) is 37.7 Å². The molecule has 0 aliphatic carbocycles. The molecule has 2 aromatic heterocycles. The van der Waals surface area contributed by atoms with E-state index in [0.717, 1.165) is 54.7 Å². The van der Waals surface area contributed by atoms with Crippen molar-refractivity contribution in [2.45, 2.75) is 32.2 Å². The highest BCUT2D eigenvalue weighted by molar-refractivity contribution is 7.09. The van der Waals surface area contributed by atoms with Crippen LogP contribution in [0.1, 0.15) is 35.3 Å². The molecule has 1 aliphatic rings. The molecule has 6 nitrogen and oxygen atoms in total. The van der Waals surface area contributed by atoms with Crippen LogP contribution < -0.4 is 5.69 Å². The molecule has 1 aliphatic heterocycles. The van der Waals surface area contributed by atoms with Gasteiger partial charge in [0.15, 0.2) is 0 Å². The quantitative estimate of drug-likeness (QED) is 0.781. The monoisotopic (exact) mass is 355 g/mol. The predicted molar refractivity (Wildman–Crippen MR) is 98.3 cm³/mol. The summed E-state index contributed by atoms with van der Waals surface area (Å²) in [5, 5.41) is 10.2. The molecule has 1 fully saturated rings. The van der Waals surface area contributed by atoms with Crippen LogP contribution in [0, 0.1) is 6.92 Å². The first-order valence-corrected chi connectivity index (χ1v) is 9.45. The number of nitrogens with zero attached hydrogens (tertiary/aromatic N) is 4. The minimum Gasteiger partial charge on any atom is -0.296 e. The molecule has 1 N–H and O–H groups in total. The molecule has 3 heterocycles. The number of aromatic amines is 1. The maximum absolute atomic E-state index is 12.3. The molecule has 1 saturated heterocycles. The number of aryl methyl sites for hydroxylation is 1. The summed E-state index contributed by atoms with van der Waals surface area (Å²) in [6.07, 6.45) is 2.15. The van der Waals surface area contributed by atoms with Crippen molar-refractivity contribution < 1.29 is 0 Å². The summed E-state index contributed by atoms with van der Waals surface area (Å²) in [5.41, 5.74) is 1.77. The molecule has 4 rings (SSSR count). The first-order valence-electron chi connectivity index (χ1n) is 8.57. The van der Waals surface area contributed by atoms with Gasteiger partial charge in [0.25, 0.3) is 0 Å². The molecule has 1 aromatic carbocycles. The van der Waals surface area contributed by atoms with Crippen LogP contribution in [0.3, 0.4) is 0 Å². The smallest absolute Gasteiger partial charge is 0.296 e. The third-order valence-corrected chi connectivity index (χ3v) is 5.56. The second-order valence-electron chi connectivity index (χ2n) is 6.51. The summed E-state index contributed by atoms with van der Waals surface area (Å²) in [7, 11) is 0. The number of thiazole rings is 1. The van der Waals surface area contributed by atoms with Gasteiger partial charge in [0.05, 0.1) is 12.2 Å². The van der Waals surface area contributed by atoms with Crippen LogP contribution in [-0.2, 0) is 6.54 Å². The Kier molecular flexibility index (Phi) is 4.50. The highest BCUT2D eigenvalue weighted by Crippen LogP contribution is 2.27. The highest BCUT2D eigenvalue weighted by Gasteiger charge is 2.27. The van der Waals surface area contributed by atoms with Crippen LogP contribution in [0.15, 0.2) is 40.5 Å². The van der Waals surface area contributed by atoms with Crippen LogP contribution >= 0.6 is 11.3 Å². The Balaban J connectivity index is 1.57. The third kappa shape index (κ3) is 3.43. The van der Waals surface area contributed by atoms with Crippen molar-refractivity contribution in [2.24, 2.45) is 0 Å². The number of likely N-dealkylation sites (tertiary alicyclic amines) is 1. The van der Waals surface area contributed by atoms with Gasteiger partial charge in [-0.05, 0) is 38.4 Å². The van der Waals surface area contributed by atoms with Gasteiger partial charge >= 0.3 is 5.69 Å². The zero-order valence-electron chi connectivity index (χ0n) is 14.2. The molecule has 0 radical (unpaired) electrons. The number of aromatic nitrogens is 4. The fraction of sp³-hybridized carbons (Fsp3) is 0.389. The van der Waals surface area contributed by atoms with Gasteiger partial charge in [0, 0.05) is 23.5 Å². The summed E-state index contributed by atoms with van der Waals surface area (Å²) >= 11 is 1.71. The van der Waals surface area contributed by atoms with E-state index in [1.54, 1.807) is 15.9 Å². The summed E-state index contributed by atoms with van der Waals surface area (Å²) < 4.78 is 1.71. The summed E-state index contributed by atoms with van der Waals surface area (Å²) in [6.45, 7) is 4.86. The standard InChI is InChI=1S/C18H21N5OS/c1-13-12-25-16(19-13)11-22-9-5-6-14(10-22)17-20-21-18(24)23(17)15-7-3-2-4-8-15/h2-4,7-8,12,14H,5-6,9-11H2,1H3,(H,21,24)/t14-/m0/s1. The number of benzene rings is 1. The zero-order valence-corrected chi connectivity index (χ0v) is 15.0. The topological polar surface area (TPSA) is 66.8 Å². The van der Waals surface area contributed by atoms with Gasteiger partial charge < -0.3 is 0 Å². The van der Waals surface area contributed by atoms with Gasteiger partial charge in [-0.25, -0.2) is 19.4 Å². The van der Waals surface area contributed by atoms with Crippen molar-refractivity contribution in [1.29, 1.82) is 0 Å². The number of rotatable bonds is 4. The molecule has 130 valence electrons. The lowest BCUT2D eigenvalue weighted by Crippen LogP contribution is -2.35. The minimum absolute atomic E-state index is 0.172. The Morgan fingerprint density at radius 1 is 1.32 bits per heavy atom. The van der Waals surface area contributed by atoms with Crippen LogP contribution in [0.25, 0.3) is 5.69 Å². The Hall–Kier alpha value is -2.25. The lowest BCUT2D eigenvalue weighted by atomic mass is 9.97. The van der Waals surface area contributed by atoms with Crippen molar-refractivity contribution in [3.8, 4) is 5.69 Å². The van der Waals surface area contributed by atoms with Crippen molar-refractivity contribution in [2.75, 3.05) is 13.1 Å². The molecular weight excluding hydrogens is 334 g/mol. The van der Waals surface area contributed by atoms with Crippen LogP contribution in [0.5, 0.6) is 0 Å². The first-order chi connectivity index (χ1) is 12.2. The van der Waals surface area contributed by atoms with E-state index in [0.29, 0.717) is 0 Å². The summed E-state index contributed by atoms with van der Waals surface area (Å²) in [4.78, 5) is 19.3. The van der Waals surface area contributed by atoms with E-state index in [1.807, 2.05) is 37.3 Å². The van der Waals surface area contributed by atoms with Gasteiger partial charge in [-0.1, -0.05) is 18.2 Å². The Labute approximate surface area is 150 Å². The van der Waals surface area contributed by atoms with E-state index >= 15 is 0 Å². The van der Waals surface area contributed by atoms with E-state index in [4.69, 9.17) is 0 Å². The lowest BCUT2D eigenvalue weighted by Gasteiger charge is -2.31. The maximum atomic E-state index is 12.3. The van der Waals surface area contributed by atoms with E-state index in [1.165, 1.54) is 0 Å². The van der Waals surface area contributed by atoms with E-state index in [2.05, 4.69) is 25.5 Å². The molecule has 0 amide bonds. The molecular formula is C18H21N5OS. The fourth-order valence-corrected chi connectivity index (χ4v) is 4.30. The van der Waals surface area contributed by atoms with Crippen molar-refractivity contribution in [3.05, 3.63) is 62.7 Å². The molecule has 7 heteroatoms. The molecule has 0 saturated carbocycles. The number of piperidine rings is 1. The summed E-state index contributed by atoms with van der Waals surface area (Å²) in [6, 6.07) is 9.72. The minimum atomic E-state index is -0.172. The number of para-hydroxylation sites is 1. The van der Waals surface area contributed by atoms with Crippen LogP contribution in [0.2, 0.25) is 0 Å². The molecule has 0 spiro atoms. The summed E-state index contributed by atoms with van der Waals surface area (Å²) in [5.74, 6) is 1.07. The van der Waals surface area contributed by atoms with E-state index in [9.17, 15) is 4.79 Å². The fourth-order valence-electron chi connectivity index (χ4n) is 3.49. The van der Waals surface area contributed by atoms with Crippen molar-refractivity contribution >= 4 is 11.3 Å². The first kappa shape index (κ1) is 16.2. The normalized spacial score (nSPS) is 18.5.